The molecule has 0 amide bonds. The van der Waals surface area contributed by atoms with E-state index in [2.05, 4.69) is 10.1 Å². The maximum Gasteiger partial charge on any atom is 0.307 e. The van der Waals surface area contributed by atoms with Gasteiger partial charge in [0.1, 0.15) is 6.29 Å². The number of ether oxygens (including phenoxy) is 1. The number of carbonyl (C=O) groups excluding carboxylic acids is 2. The van der Waals surface area contributed by atoms with E-state index in [9.17, 15) is 9.59 Å². The lowest BCUT2D eigenvalue weighted by Crippen LogP contribution is -2.26. The topological polar surface area (TPSA) is 55.4 Å². The van der Waals surface area contributed by atoms with Crippen LogP contribution in [0.5, 0.6) is 0 Å². The Bertz CT molecular complexity index is 337. The van der Waals surface area contributed by atoms with Crippen molar-refractivity contribution in [1.29, 1.82) is 0 Å². The van der Waals surface area contributed by atoms with Crippen LogP contribution in [0, 0.1) is 0 Å². The van der Waals surface area contributed by atoms with Gasteiger partial charge in [0.2, 0.25) is 0 Å². The van der Waals surface area contributed by atoms with Gasteiger partial charge in [-0.15, -0.1) is 0 Å². The number of aldehydes is 1. The summed E-state index contributed by atoms with van der Waals surface area (Å²) in [6.45, 7) is 0.219. The molecule has 0 spiro atoms. The lowest BCUT2D eigenvalue weighted by molar-refractivity contribution is -0.141. The van der Waals surface area contributed by atoms with Gasteiger partial charge in [0.25, 0.3) is 0 Å². The van der Waals surface area contributed by atoms with Gasteiger partial charge in [0.05, 0.1) is 20.1 Å². The Balaban J connectivity index is 2.70. The normalized spacial score (nSPS) is 11.8. The molecule has 4 heteroatoms. The molecule has 0 heterocycles. The van der Waals surface area contributed by atoms with Crippen molar-refractivity contribution in [2.75, 3.05) is 13.7 Å². The first-order valence-electron chi connectivity index (χ1n) is 5.06. The fourth-order valence-electron chi connectivity index (χ4n) is 1.43. The number of carbonyl (C=O) groups is 2. The molecular formula is C12H15NO3. The zero-order chi connectivity index (χ0) is 11.8. The number of esters is 1. The fraction of sp³-hybridized carbons (Fsp3) is 0.333. The molecule has 0 aliphatic heterocycles. The second-order valence-corrected chi connectivity index (χ2v) is 3.32. The molecule has 16 heavy (non-hydrogen) atoms. The number of rotatable bonds is 6. The average Bonchev–Trinajstić information content (AvgIpc) is 2.35. The molecule has 1 rings (SSSR count). The van der Waals surface area contributed by atoms with E-state index < -0.39 is 0 Å². The minimum atomic E-state index is -0.299. The van der Waals surface area contributed by atoms with Crippen LogP contribution in [0.4, 0.5) is 0 Å². The van der Waals surface area contributed by atoms with Crippen LogP contribution in [-0.2, 0) is 14.3 Å². The van der Waals surface area contributed by atoms with Crippen LogP contribution < -0.4 is 5.32 Å². The number of hydrogen-bond acceptors (Lipinski definition) is 4. The maximum absolute atomic E-state index is 11.2. The Morgan fingerprint density at radius 1 is 1.44 bits per heavy atom. The summed E-state index contributed by atoms with van der Waals surface area (Å²) >= 11 is 0. The summed E-state index contributed by atoms with van der Waals surface area (Å²) in [6.07, 6.45) is 0.988. The van der Waals surface area contributed by atoms with Crippen molar-refractivity contribution < 1.29 is 14.3 Å². The molecule has 0 saturated carbocycles. The fourth-order valence-corrected chi connectivity index (χ4v) is 1.43. The summed E-state index contributed by atoms with van der Waals surface area (Å²) in [7, 11) is 1.35. The molecule has 0 fully saturated rings. The standard InChI is InChI=1S/C12H15NO3/c1-16-12(15)9-11(13-7-8-14)10-5-3-2-4-6-10/h2-6,8,11,13H,7,9H2,1H3. The van der Waals surface area contributed by atoms with Gasteiger partial charge >= 0.3 is 5.97 Å². The Kier molecular flexibility index (Phi) is 5.22. The van der Waals surface area contributed by atoms with Gasteiger partial charge in [-0.05, 0) is 5.56 Å². The molecule has 0 radical (unpaired) electrons. The largest absolute Gasteiger partial charge is 0.469 e. The Morgan fingerprint density at radius 2 is 2.12 bits per heavy atom. The van der Waals surface area contributed by atoms with Crippen LogP contribution in [0.15, 0.2) is 30.3 Å². The van der Waals surface area contributed by atoms with E-state index in [0.717, 1.165) is 11.8 Å². The molecule has 1 aromatic rings. The van der Waals surface area contributed by atoms with E-state index in [1.165, 1.54) is 7.11 Å². The van der Waals surface area contributed by atoms with Gasteiger partial charge in [-0.25, -0.2) is 0 Å². The number of methoxy groups -OCH3 is 1. The van der Waals surface area contributed by atoms with Crippen LogP contribution in [0.2, 0.25) is 0 Å². The summed E-state index contributed by atoms with van der Waals surface area (Å²) in [6, 6.07) is 9.32. The molecule has 1 N–H and O–H groups in total. The smallest absolute Gasteiger partial charge is 0.307 e. The Hall–Kier alpha value is -1.68. The van der Waals surface area contributed by atoms with Crippen LogP contribution in [0.3, 0.4) is 0 Å². The third-order valence-corrected chi connectivity index (χ3v) is 2.25. The summed E-state index contributed by atoms with van der Waals surface area (Å²) in [5.74, 6) is -0.299. The van der Waals surface area contributed by atoms with Crippen molar-refractivity contribution >= 4 is 12.3 Å². The minimum Gasteiger partial charge on any atom is -0.469 e. The van der Waals surface area contributed by atoms with Gasteiger partial charge in [-0.1, -0.05) is 30.3 Å². The monoisotopic (exact) mass is 221 g/mol. The highest BCUT2D eigenvalue weighted by Gasteiger charge is 2.15. The molecule has 0 aliphatic carbocycles. The summed E-state index contributed by atoms with van der Waals surface area (Å²) in [5, 5.41) is 2.98. The summed E-state index contributed by atoms with van der Waals surface area (Å²) in [5.41, 5.74) is 0.967. The molecule has 0 bridgehead atoms. The zero-order valence-electron chi connectivity index (χ0n) is 9.18. The quantitative estimate of drug-likeness (QED) is 0.577. The van der Waals surface area contributed by atoms with E-state index in [-0.39, 0.29) is 25.0 Å². The van der Waals surface area contributed by atoms with Gasteiger partial charge in [0.15, 0.2) is 0 Å². The van der Waals surface area contributed by atoms with Gasteiger partial charge in [0, 0.05) is 6.04 Å². The molecule has 4 nitrogen and oxygen atoms in total. The van der Waals surface area contributed by atoms with Gasteiger partial charge < -0.3 is 14.8 Å². The van der Waals surface area contributed by atoms with Crippen LogP contribution in [0.1, 0.15) is 18.0 Å². The first kappa shape index (κ1) is 12.4. The SMILES string of the molecule is COC(=O)CC(NCC=O)c1ccccc1. The minimum absolute atomic E-state index is 0.182. The third kappa shape index (κ3) is 3.82. The number of benzene rings is 1. The second-order valence-electron chi connectivity index (χ2n) is 3.32. The predicted molar refractivity (Wildman–Crippen MR) is 59.9 cm³/mol. The van der Waals surface area contributed by atoms with Crippen molar-refractivity contribution in [3.8, 4) is 0 Å². The Morgan fingerprint density at radius 3 is 2.69 bits per heavy atom. The van der Waals surface area contributed by atoms with Crippen molar-refractivity contribution in [2.24, 2.45) is 0 Å². The number of nitrogens with one attached hydrogen (secondary N) is 1. The van der Waals surface area contributed by atoms with E-state index in [4.69, 9.17) is 0 Å². The molecule has 0 aliphatic rings. The van der Waals surface area contributed by atoms with Crippen molar-refractivity contribution in [2.45, 2.75) is 12.5 Å². The molecule has 1 unspecified atom stereocenters. The summed E-state index contributed by atoms with van der Waals surface area (Å²) in [4.78, 5) is 21.5. The highest BCUT2D eigenvalue weighted by Crippen LogP contribution is 2.16. The predicted octanol–water partition coefficient (Wildman–Crippen LogP) is 1.08. The van der Waals surface area contributed by atoms with Gasteiger partial charge in [-0.3, -0.25) is 4.79 Å². The average molecular weight is 221 g/mol. The first-order chi connectivity index (χ1) is 7.77. The zero-order valence-corrected chi connectivity index (χ0v) is 9.18. The molecule has 0 aromatic heterocycles. The molecule has 1 aromatic carbocycles. The lowest BCUT2D eigenvalue weighted by Gasteiger charge is -2.16. The molecule has 0 saturated heterocycles. The van der Waals surface area contributed by atoms with Crippen molar-refractivity contribution in [3.05, 3.63) is 35.9 Å². The third-order valence-electron chi connectivity index (χ3n) is 2.25. The van der Waals surface area contributed by atoms with E-state index in [1.54, 1.807) is 0 Å². The van der Waals surface area contributed by atoms with Crippen LogP contribution in [0.25, 0.3) is 0 Å². The Labute approximate surface area is 94.6 Å². The highest BCUT2D eigenvalue weighted by molar-refractivity contribution is 5.70. The van der Waals surface area contributed by atoms with Gasteiger partial charge in [-0.2, -0.15) is 0 Å². The molecular weight excluding hydrogens is 206 g/mol. The number of hydrogen-bond donors (Lipinski definition) is 1. The van der Waals surface area contributed by atoms with E-state index in [0.29, 0.717) is 0 Å². The molecule has 1 atom stereocenters. The van der Waals surface area contributed by atoms with E-state index >= 15 is 0 Å². The lowest BCUT2D eigenvalue weighted by atomic mass is 10.0. The van der Waals surface area contributed by atoms with Crippen molar-refractivity contribution in [3.63, 3.8) is 0 Å². The van der Waals surface area contributed by atoms with Crippen LogP contribution >= 0.6 is 0 Å². The second kappa shape index (κ2) is 6.74. The highest BCUT2D eigenvalue weighted by atomic mass is 16.5. The first-order valence-corrected chi connectivity index (χ1v) is 5.06. The van der Waals surface area contributed by atoms with Crippen LogP contribution in [-0.4, -0.2) is 25.9 Å². The molecule has 86 valence electrons. The maximum atomic E-state index is 11.2. The van der Waals surface area contributed by atoms with Crippen molar-refractivity contribution in [1.82, 2.24) is 5.32 Å². The van der Waals surface area contributed by atoms with E-state index in [1.807, 2.05) is 30.3 Å². The summed E-state index contributed by atoms with van der Waals surface area (Å²) < 4.78 is 4.61.